The molecule has 3 N–H and O–H groups in total. The third-order valence-electron chi connectivity index (χ3n) is 6.24. The molecule has 0 aliphatic carbocycles. The molecule has 8 heteroatoms. The zero-order chi connectivity index (χ0) is 23.6. The molecule has 8 nitrogen and oxygen atoms in total. The normalized spacial score (nSPS) is 13.8. The zero-order valence-electron chi connectivity index (χ0n) is 19.5. The highest BCUT2D eigenvalue weighted by Gasteiger charge is 2.13. The van der Waals surface area contributed by atoms with E-state index in [1.54, 1.807) is 6.33 Å². The van der Waals surface area contributed by atoms with Gasteiger partial charge in [0.25, 0.3) is 0 Å². The quantitative estimate of drug-likeness (QED) is 0.353. The van der Waals surface area contributed by atoms with Crippen LogP contribution in [0.15, 0.2) is 73.3 Å². The van der Waals surface area contributed by atoms with Crippen LogP contribution in [0, 0.1) is 6.92 Å². The molecule has 35 heavy (non-hydrogen) atoms. The van der Waals surface area contributed by atoms with E-state index in [1.165, 1.54) is 0 Å². The van der Waals surface area contributed by atoms with Crippen LogP contribution in [0.25, 0.3) is 33.5 Å². The molecule has 1 fully saturated rings. The number of nitrogens with zero attached hydrogens (tertiary/aromatic N) is 5. The summed E-state index contributed by atoms with van der Waals surface area (Å²) in [6, 6.07) is 18.4. The molecule has 1 aromatic carbocycles. The second kappa shape index (κ2) is 9.15. The molecule has 5 aromatic rings. The number of H-pyrrole nitrogens is 1. The van der Waals surface area contributed by atoms with Gasteiger partial charge in [-0.05, 0) is 49.4 Å². The van der Waals surface area contributed by atoms with Crippen LogP contribution in [0.3, 0.4) is 0 Å². The molecule has 1 aliphatic heterocycles. The van der Waals surface area contributed by atoms with E-state index in [0.29, 0.717) is 0 Å². The fraction of sp³-hybridized carbons (Fsp3) is 0.185. The van der Waals surface area contributed by atoms with Crippen molar-refractivity contribution in [3.63, 3.8) is 0 Å². The minimum atomic E-state index is 0.793. The fourth-order valence-corrected chi connectivity index (χ4v) is 4.46. The molecule has 174 valence electrons. The number of hydrogen-bond acceptors (Lipinski definition) is 7. The van der Waals surface area contributed by atoms with Crippen molar-refractivity contribution in [2.45, 2.75) is 6.92 Å². The molecule has 1 saturated heterocycles. The largest absolute Gasteiger partial charge is 0.368 e. The van der Waals surface area contributed by atoms with Gasteiger partial charge in [-0.1, -0.05) is 12.1 Å². The molecule has 0 atom stereocenters. The lowest BCUT2D eigenvalue weighted by Gasteiger charge is -2.29. The van der Waals surface area contributed by atoms with Crippen LogP contribution >= 0.6 is 0 Å². The topological polar surface area (TPSA) is 94.7 Å². The monoisotopic (exact) mass is 462 g/mol. The van der Waals surface area contributed by atoms with Gasteiger partial charge >= 0.3 is 0 Å². The summed E-state index contributed by atoms with van der Waals surface area (Å²) < 4.78 is 0. The molecule has 6 rings (SSSR count). The van der Waals surface area contributed by atoms with Gasteiger partial charge in [-0.3, -0.25) is 9.97 Å². The second-order valence-corrected chi connectivity index (χ2v) is 8.69. The third kappa shape index (κ3) is 4.43. The average Bonchev–Trinajstić information content (AvgIpc) is 3.39. The number of fused-ring (bicyclic) bond motifs is 1. The predicted octanol–water partition coefficient (Wildman–Crippen LogP) is 4.54. The smallest absolute Gasteiger partial charge is 0.130 e. The van der Waals surface area contributed by atoms with Gasteiger partial charge in [-0.25, -0.2) is 9.97 Å². The summed E-state index contributed by atoms with van der Waals surface area (Å²) in [5, 5.41) is 7.79. The lowest BCUT2D eigenvalue weighted by Crippen LogP contribution is -2.43. The maximum atomic E-state index is 4.65. The van der Waals surface area contributed by atoms with Crippen molar-refractivity contribution in [1.29, 1.82) is 0 Å². The molecule has 1 aliphatic rings. The Hall–Kier alpha value is -4.30. The first-order chi connectivity index (χ1) is 17.2. The summed E-state index contributed by atoms with van der Waals surface area (Å²) in [5.74, 6) is 0.793. The van der Waals surface area contributed by atoms with E-state index in [0.717, 1.165) is 82.6 Å². The Labute approximate surface area is 203 Å². The molecule has 0 spiro atoms. The number of hydrogen-bond donors (Lipinski definition) is 3. The Kier molecular flexibility index (Phi) is 5.56. The average molecular weight is 463 g/mol. The highest BCUT2D eigenvalue weighted by Crippen LogP contribution is 2.31. The molecular weight excluding hydrogens is 436 g/mol. The van der Waals surface area contributed by atoms with E-state index >= 15 is 0 Å². The SMILES string of the molecule is Cc1cccc(-c2[nH]cnc2-c2ccc3ncc(Nc4ccc(N5CCNCC5)cn4)cc3c2)n1. The number of anilines is 3. The number of aromatic amines is 1. The van der Waals surface area contributed by atoms with Gasteiger partial charge in [-0.2, -0.15) is 0 Å². The summed E-state index contributed by atoms with van der Waals surface area (Å²) in [7, 11) is 0. The Balaban J connectivity index is 1.26. The van der Waals surface area contributed by atoms with Gasteiger partial charge < -0.3 is 20.5 Å². The number of aromatic nitrogens is 5. The third-order valence-corrected chi connectivity index (χ3v) is 6.24. The van der Waals surface area contributed by atoms with Crippen LogP contribution in [0.2, 0.25) is 0 Å². The van der Waals surface area contributed by atoms with Crippen LogP contribution < -0.4 is 15.5 Å². The molecule has 0 bridgehead atoms. The van der Waals surface area contributed by atoms with E-state index in [4.69, 9.17) is 0 Å². The van der Waals surface area contributed by atoms with Gasteiger partial charge in [0.15, 0.2) is 0 Å². The minimum Gasteiger partial charge on any atom is -0.368 e. The molecule has 0 unspecified atom stereocenters. The van der Waals surface area contributed by atoms with E-state index in [1.807, 2.05) is 55.7 Å². The molecule has 5 heterocycles. The first-order valence-corrected chi connectivity index (χ1v) is 11.8. The highest BCUT2D eigenvalue weighted by molar-refractivity contribution is 5.88. The minimum absolute atomic E-state index is 0.793. The van der Waals surface area contributed by atoms with Crippen molar-refractivity contribution < 1.29 is 0 Å². The lowest BCUT2D eigenvalue weighted by atomic mass is 10.0. The van der Waals surface area contributed by atoms with E-state index in [-0.39, 0.29) is 0 Å². The summed E-state index contributed by atoms with van der Waals surface area (Å²) in [6.45, 7) is 6.01. The Morgan fingerprint density at radius 2 is 1.83 bits per heavy atom. The first-order valence-electron chi connectivity index (χ1n) is 11.8. The zero-order valence-corrected chi connectivity index (χ0v) is 19.5. The van der Waals surface area contributed by atoms with Crippen molar-refractivity contribution in [3.8, 4) is 22.6 Å². The molecule has 4 aromatic heterocycles. The summed E-state index contributed by atoms with van der Waals surface area (Å²) in [6.07, 6.45) is 5.48. The maximum Gasteiger partial charge on any atom is 0.130 e. The summed E-state index contributed by atoms with van der Waals surface area (Å²) in [4.78, 5) is 24.1. The van der Waals surface area contributed by atoms with Gasteiger partial charge in [0.2, 0.25) is 0 Å². The number of rotatable bonds is 5. The van der Waals surface area contributed by atoms with Gasteiger partial charge in [0.1, 0.15) is 5.82 Å². The second-order valence-electron chi connectivity index (χ2n) is 8.69. The standard InChI is InChI=1S/C27H26N8/c1-18-3-2-4-24(33-18)27-26(31-17-32-27)19-5-7-23-20(13-19)14-21(15-29-23)34-25-8-6-22(16-30-25)35-11-9-28-10-12-35/h2-8,13-17,28H,9-12H2,1H3,(H,30,34)(H,31,32). The van der Waals surface area contributed by atoms with Crippen molar-refractivity contribution in [2.24, 2.45) is 0 Å². The number of imidazole rings is 1. The van der Waals surface area contributed by atoms with Gasteiger partial charge in [0.05, 0.1) is 52.7 Å². The van der Waals surface area contributed by atoms with Crippen LogP contribution in [0.4, 0.5) is 17.2 Å². The Morgan fingerprint density at radius 1 is 0.914 bits per heavy atom. The number of nitrogens with one attached hydrogen (secondary N) is 3. The van der Waals surface area contributed by atoms with E-state index in [9.17, 15) is 0 Å². The number of pyridine rings is 3. The molecule has 0 radical (unpaired) electrons. The summed E-state index contributed by atoms with van der Waals surface area (Å²) >= 11 is 0. The van der Waals surface area contributed by atoms with E-state index < -0.39 is 0 Å². The number of benzene rings is 1. The van der Waals surface area contributed by atoms with Crippen LogP contribution in [-0.4, -0.2) is 51.1 Å². The van der Waals surface area contributed by atoms with Crippen LogP contribution in [-0.2, 0) is 0 Å². The molecular formula is C27H26N8. The van der Waals surface area contributed by atoms with Crippen LogP contribution in [0.5, 0.6) is 0 Å². The fourth-order valence-electron chi connectivity index (χ4n) is 4.46. The van der Waals surface area contributed by atoms with Crippen molar-refractivity contribution in [3.05, 3.63) is 79.0 Å². The van der Waals surface area contributed by atoms with Crippen molar-refractivity contribution >= 4 is 28.1 Å². The van der Waals surface area contributed by atoms with Gasteiger partial charge in [0, 0.05) is 42.8 Å². The molecule has 0 amide bonds. The first kappa shape index (κ1) is 21.2. The predicted molar refractivity (Wildman–Crippen MR) is 140 cm³/mol. The summed E-state index contributed by atoms with van der Waals surface area (Å²) in [5.41, 5.74) is 7.59. The number of piperazine rings is 1. The van der Waals surface area contributed by atoms with E-state index in [2.05, 4.69) is 58.7 Å². The number of aryl methyl sites for hydroxylation is 1. The lowest BCUT2D eigenvalue weighted by molar-refractivity contribution is 0.589. The maximum absolute atomic E-state index is 4.65. The van der Waals surface area contributed by atoms with Crippen molar-refractivity contribution in [2.75, 3.05) is 36.4 Å². The van der Waals surface area contributed by atoms with Gasteiger partial charge in [-0.15, -0.1) is 0 Å². The van der Waals surface area contributed by atoms with Crippen molar-refractivity contribution in [1.82, 2.24) is 30.2 Å². The Morgan fingerprint density at radius 3 is 2.66 bits per heavy atom. The highest BCUT2D eigenvalue weighted by atomic mass is 15.2. The Bertz CT molecular complexity index is 1470. The molecule has 0 saturated carbocycles. The van der Waals surface area contributed by atoms with Crippen LogP contribution in [0.1, 0.15) is 5.69 Å².